The Balaban J connectivity index is 1.56. The van der Waals surface area contributed by atoms with Crippen LogP contribution in [-0.4, -0.2) is 42.9 Å². The Kier molecular flexibility index (Phi) is 9.98. The quantitative estimate of drug-likeness (QED) is 0.123. The fraction of sp³-hybridized carbons (Fsp3) is 0.128. The molecule has 5 aromatic rings. The standard InChI is InChI=1S/C39H36N6O4S/c1-4-25(2)45-50(48,49)33-32(28-19-11-6-12-20-28)36(42-37(33)44-39(47)30-23-15-8-16-24-30)41-35-31(27-17-9-5-10-18-27)26(3)34(40-35)43-38(46)29-21-13-7-14-22-29/h5-25,40,45H,4H2,1-3H3,(H,43,46)(H,41,42,44,47). The van der Waals surface area contributed by atoms with Gasteiger partial charge in [-0.25, -0.2) is 23.1 Å². The first-order valence-corrected chi connectivity index (χ1v) is 17.7. The van der Waals surface area contributed by atoms with Gasteiger partial charge in [0.1, 0.15) is 16.5 Å². The second-order valence-corrected chi connectivity index (χ2v) is 13.4. The van der Waals surface area contributed by atoms with Gasteiger partial charge in [-0.3, -0.25) is 9.59 Å². The summed E-state index contributed by atoms with van der Waals surface area (Å²) in [6, 6.07) is 35.4. The molecule has 1 aliphatic rings. The SMILES string of the molecule is CCC(C)NS(=O)(=O)C1=C(c2ccccc2)C(=Nc2[nH]c(NC(=O)c3ccccc3)c(C)c2-c2ccccc2)N=C1NC(=O)c1ccccc1. The molecule has 0 saturated carbocycles. The molecule has 4 aromatic carbocycles. The molecule has 6 rings (SSSR count). The van der Waals surface area contributed by atoms with E-state index in [2.05, 4.69) is 20.3 Å². The van der Waals surface area contributed by atoms with E-state index in [0.29, 0.717) is 40.3 Å². The fourth-order valence-corrected chi connectivity index (χ4v) is 7.17. The van der Waals surface area contributed by atoms with Gasteiger partial charge in [0.05, 0.1) is 5.57 Å². The molecule has 0 bridgehead atoms. The lowest BCUT2D eigenvalue weighted by atomic mass is 10.0. The molecule has 2 amide bonds. The molecule has 1 unspecified atom stereocenters. The summed E-state index contributed by atoms with van der Waals surface area (Å²) in [5, 5.41) is 5.72. The van der Waals surface area contributed by atoms with Crippen LogP contribution in [0.5, 0.6) is 0 Å². The number of aliphatic imine (C=N–C) groups is 2. The van der Waals surface area contributed by atoms with E-state index in [1.165, 1.54) is 0 Å². The molecule has 0 aliphatic carbocycles. The second-order valence-electron chi connectivity index (χ2n) is 11.8. The van der Waals surface area contributed by atoms with Crippen molar-refractivity contribution in [3.05, 3.63) is 148 Å². The maximum Gasteiger partial charge on any atom is 0.256 e. The number of aromatic amines is 1. The van der Waals surface area contributed by atoms with Crippen molar-refractivity contribution in [3.8, 4) is 11.1 Å². The topological polar surface area (TPSA) is 145 Å². The van der Waals surface area contributed by atoms with Crippen LogP contribution in [-0.2, 0) is 10.0 Å². The van der Waals surface area contributed by atoms with Crippen LogP contribution in [0.2, 0.25) is 0 Å². The predicted octanol–water partition coefficient (Wildman–Crippen LogP) is 7.24. The van der Waals surface area contributed by atoms with Crippen molar-refractivity contribution in [2.75, 3.05) is 5.32 Å². The summed E-state index contributed by atoms with van der Waals surface area (Å²) in [5.74, 6) is -0.175. The van der Waals surface area contributed by atoms with Gasteiger partial charge in [0.25, 0.3) is 11.8 Å². The number of hydrogen-bond acceptors (Lipinski definition) is 5. The van der Waals surface area contributed by atoms with E-state index in [0.717, 1.165) is 11.1 Å². The van der Waals surface area contributed by atoms with Gasteiger partial charge < -0.3 is 15.6 Å². The Morgan fingerprint density at radius 1 is 0.760 bits per heavy atom. The van der Waals surface area contributed by atoms with E-state index in [-0.39, 0.29) is 28.1 Å². The number of hydrogen-bond donors (Lipinski definition) is 4. The fourth-order valence-electron chi connectivity index (χ4n) is 5.53. The van der Waals surface area contributed by atoms with Crippen molar-refractivity contribution in [1.29, 1.82) is 0 Å². The molecular weight excluding hydrogens is 649 g/mol. The number of nitrogens with one attached hydrogen (secondary N) is 4. The summed E-state index contributed by atoms with van der Waals surface area (Å²) >= 11 is 0. The summed E-state index contributed by atoms with van der Waals surface area (Å²) in [7, 11) is -4.25. The first kappa shape index (κ1) is 34.0. The van der Waals surface area contributed by atoms with Gasteiger partial charge in [-0.05, 0) is 55.7 Å². The minimum Gasteiger partial charge on any atom is -0.326 e. The van der Waals surface area contributed by atoms with Crippen molar-refractivity contribution in [2.45, 2.75) is 33.2 Å². The van der Waals surface area contributed by atoms with Crippen molar-refractivity contribution in [2.24, 2.45) is 9.98 Å². The lowest BCUT2D eigenvalue weighted by Crippen LogP contribution is -2.39. The average Bonchev–Trinajstić information content (AvgIpc) is 3.65. The minimum atomic E-state index is -4.25. The molecule has 1 atom stereocenters. The van der Waals surface area contributed by atoms with Crippen molar-refractivity contribution in [3.63, 3.8) is 0 Å². The lowest BCUT2D eigenvalue weighted by Gasteiger charge is -2.16. The number of benzene rings is 4. The number of carbonyl (C=O) groups is 2. The largest absolute Gasteiger partial charge is 0.326 e. The summed E-state index contributed by atoms with van der Waals surface area (Å²) in [4.78, 5) is 39.4. The van der Waals surface area contributed by atoms with E-state index < -0.39 is 22.0 Å². The van der Waals surface area contributed by atoms with E-state index in [9.17, 15) is 18.0 Å². The second kappa shape index (κ2) is 14.7. The van der Waals surface area contributed by atoms with Crippen LogP contribution >= 0.6 is 0 Å². The first-order chi connectivity index (χ1) is 24.2. The van der Waals surface area contributed by atoms with Crippen LogP contribution in [0.25, 0.3) is 16.7 Å². The third-order valence-electron chi connectivity index (χ3n) is 8.24. The molecule has 1 aromatic heterocycles. The number of carbonyl (C=O) groups excluding carboxylic acids is 2. The van der Waals surface area contributed by atoms with E-state index >= 15 is 0 Å². The highest BCUT2D eigenvalue weighted by atomic mass is 32.2. The van der Waals surface area contributed by atoms with Gasteiger partial charge in [0, 0.05) is 28.3 Å². The average molecular weight is 685 g/mol. The Labute approximate surface area is 291 Å². The molecule has 0 spiro atoms. The highest BCUT2D eigenvalue weighted by Gasteiger charge is 2.37. The zero-order valence-corrected chi connectivity index (χ0v) is 28.6. The molecule has 11 heteroatoms. The van der Waals surface area contributed by atoms with Gasteiger partial charge in [0.15, 0.2) is 11.7 Å². The number of amides is 2. The van der Waals surface area contributed by atoms with Crippen LogP contribution in [0.3, 0.4) is 0 Å². The Morgan fingerprint density at radius 3 is 1.80 bits per heavy atom. The molecule has 10 nitrogen and oxygen atoms in total. The molecule has 0 saturated heterocycles. The van der Waals surface area contributed by atoms with E-state index in [4.69, 9.17) is 9.98 Å². The van der Waals surface area contributed by atoms with Crippen molar-refractivity contribution >= 4 is 50.7 Å². The molecule has 2 heterocycles. The Bertz CT molecular complexity index is 2230. The molecular formula is C39H36N6O4S. The Morgan fingerprint density at radius 2 is 1.26 bits per heavy atom. The summed E-state index contributed by atoms with van der Waals surface area (Å²) in [5.41, 5.74) is 3.78. The summed E-state index contributed by atoms with van der Waals surface area (Å²) in [6.07, 6.45) is 0.538. The van der Waals surface area contributed by atoms with Gasteiger partial charge in [-0.2, -0.15) is 0 Å². The van der Waals surface area contributed by atoms with Crippen LogP contribution in [0.4, 0.5) is 11.6 Å². The number of H-pyrrole nitrogens is 1. The van der Waals surface area contributed by atoms with Crippen molar-refractivity contribution in [1.82, 2.24) is 15.0 Å². The molecule has 50 heavy (non-hydrogen) atoms. The molecule has 252 valence electrons. The van der Waals surface area contributed by atoms with Gasteiger partial charge >= 0.3 is 0 Å². The van der Waals surface area contributed by atoms with E-state index in [1.54, 1.807) is 85.8 Å². The van der Waals surface area contributed by atoms with Crippen LogP contribution in [0, 0.1) is 6.92 Å². The Hall–Kier alpha value is -5.91. The zero-order valence-electron chi connectivity index (χ0n) is 27.8. The molecule has 0 radical (unpaired) electrons. The zero-order chi connectivity index (χ0) is 35.3. The number of anilines is 1. The van der Waals surface area contributed by atoms with Crippen LogP contribution in [0.15, 0.2) is 136 Å². The third-order valence-corrected chi connectivity index (χ3v) is 9.88. The number of aromatic nitrogens is 1. The van der Waals surface area contributed by atoms with Gasteiger partial charge in [-0.1, -0.05) is 104 Å². The number of amidine groups is 2. The number of rotatable bonds is 10. The van der Waals surface area contributed by atoms with E-state index in [1.807, 2.05) is 56.3 Å². The third kappa shape index (κ3) is 7.24. The monoisotopic (exact) mass is 684 g/mol. The number of sulfonamides is 1. The molecule has 1 aliphatic heterocycles. The number of nitrogens with zero attached hydrogens (tertiary/aromatic N) is 2. The maximum absolute atomic E-state index is 14.2. The smallest absolute Gasteiger partial charge is 0.256 e. The summed E-state index contributed by atoms with van der Waals surface area (Å²) in [6.45, 7) is 5.51. The minimum absolute atomic E-state index is 0.0588. The van der Waals surface area contributed by atoms with Crippen molar-refractivity contribution < 1.29 is 18.0 Å². The van der Waals surface area contributed by atoms with Crippen LogP contribution < -0.4 is 15.4 Å². The normalized spacial score (nSPS) is 14.4. The lowest BCUT2D eigenvalue weighted by molar-refractivity contribution is 0.0976. The predicted molar refractivity (Wildman–Crippen MR) is 199 cm³/mol. The molecule has 0 fully saturated rings. The van der Waals surface area contributed by atoms with Gasteiger partial charge in [-0.15, -0.1) is 0 Å². The maximum atomic E-state index is 14.2. The first-order valence-electron chi connectivity index (χ1n) is 16.2. The highest BCUT2D eigenvalue weighted by Crippen LogP contribution is 2.40. The van der Waals surface area contributed by atoms with Gasteiger partial charge in [0.2, 0.25) is 10.0 Å². The highest BCUT2D eigenvalue weighted by molar-refractivity contribution is 7.94. The molecule has 4 N–H and O–H groups in total. The van der Waals surface area contributed by atoms with Crippen LogP contribution in [0.1, 0.15) is 52.1 Å². The summed E-state index contributed by atoms with van der Waals surface area (Å²) < 4.78 is 31.1.